The van der Waals surface area contributed by atoms with Crippen LogP contribution in [-0.4, -0.2) is 51.8 Å². The van der Waals surface area contributed by atoms with E-state index in [1.807, 2.05) is 22.7 Å². The molecule has 0 radical (unpaired) electrons. The zero-order valence-corrected chi connectivity index (χ0v) is 15.9. The number of hydrogen-bond donors (Lipinski definition) is 1. The maximum absolute atomic E-state index is 13.3. The summed E-state index contributed by atoms with van der Waals surface area (Å²) >= 11 is 0. The standard InChI is InChI=1S/C19H29N5O/c1-12(2)17-9-15(16-10-21-24(13(3)4)18(16)22-17)19(25)23-8-6-7-14(11-23)20-5/h9-10,12-14,20H,6-8,11H2,1-5H3/t14-/m0/s1. The Morgan fingerprint density at radius 1 is 1.32 bits per heavy atom. The number of carbonyl (C=O) groups excluding carboxylic acids is 1. The number of piperidine rings is 1. The Kier molecular flexibility index (Phi) is 5.08. The van der Waals surface area contributed by atoms with Gasteiger partial charge in [-0.15, -0.1) is 0 Å². The van der Waals surface area contributed by atoms with Gasteiger partial charge < -0.3 is 10.2 Å². The molecule has 1 aliphatic heterocycles. The van der Waals surface area contributed by atoms with Crippen molar-refractivity contribution in [3.8, 4) is 0 Å². The molecule has 0 bridgehead atoms. The summed E-state index contributed by atoms with van der Waals surface area (Å²) in [5.41, 5.74) is 2.49. The molecule has 0 saturated carbocycles. The molecule has 2 aromatic heterocycles. The van der Waals surface area contributed by atoms with Crippen LogP contribution in [0.1, 0.15) is 68.5 Å². The van der Waals surface area contributed by atoms with E-state index in [0.717, 1.165) is 48.2 Å². The van der Waals surface area contributed by atoms with Gasteiger partial charge in [0.15, 0.2) is 5.65 Å². The maximum Gasteiger partial charge on any atom is 0.254 e. The number of aromatic nitrogens is 3. The molecule has 1 N–H and O–H groups in total. The lowest BCUT2D eigenvalue weighted by Crippen LogP contribution is -2.47. The van der Waals surface area contributed by atoms with Crippen molar-refractivity contribution in [3.63, 3.8) is 0 Å². The van der Waals surface area contributed by atoms with E-state index in [9.17, 15) is 4.79 Å². The molecule has 6 nitrogen and oxygen atoms in total. The van der Waals surface area contributed by atoms with Crippen LogP contribution >= 0.6 is 0 Å². The molecule has 1 saturated heterocycles. The van der Waals surface area contributed by atoms with Gasteiger partial charge in [-0.25, -0.2) is 9.67 Å². The Morgan fingerprint density at radius 3 is 2.72 bits per heavy atom. The SMILES string of the molecule is CN[C@H]1CCCN(C(=O)c2cc(C(C)C)nc3c2cnn3C(C)C)C1. The molecule has 3 rings (SSSR count). The fourth-order valence-electron chi connectivity index (χ4n) is 3.46. The van der Waals surface area contributed by atoms with Gasteiger partial charge in [-0.2, -0.15) is 5.10 Å². The maximum atomic E-state index is 13.3. The smallest absolute Gasteiger partial charge is 0.254 e. The Balaban J connectivity index is 2.06. The monoisotopic (exact) mass is 343 g/mol. The number of likely N-dealkylation sites (tertiary alicyclic amines) is 1. The van der Waals surface area contributed by atoms with Gasteiger partial charge in [0.1, 0.15) is 0 Å². The molecule has 1 amide bonds. The lowest BCUT2D eigenvalue weighted by molar-refractivity contribution is 0.0700. The van der Waals surface area contributed by atoms with Crippen molar-refractivity contribution in [2.45, 2.75) is 58.5 Å². The highest BCUT2D eigenvalue weighted by molar-refractivity contribution is 6.05. The summed E-state index contributed by atoms with van der Waals surface area (Å²) in [6.07, 6.45) is 3.95. The summed E-state index contributed by atoms with van der Waals surface area (Å²) in [7, 11) is 1.97. The minimum atomic E-state index is 0.0950. The fourth-order valence-corrected chi connectivity index (χ4v) is 3.46. The lowest BCUT2D eigenvalue weighted by atomic mass is 10.0. The van der Waals surface area contributed by atoms with Crippen LogP contribution in [0.2, 0.25) is 0 Å². The summed E-state index contributed by atoms with van der Waals surface area (Å²) in [5, 5.41) is 8.65. The molecule has 25 heavy (non-hydrogen) atoms. The second kappa shape index (κ2) is 7.12. The molecular formula is C19H29N5O. The third kappa shape index (κ3) is 3.40. The van der Waals surface area contributed by atoms with E-state index in [0.29, 0.717) is 6.04 Å². The molecule has 6 heteroatoms. The van der Waals surface area contributed by atoms with Gasteiger partial charge in [0.25, 0.3) is 5.91 Å². The molecule has 0 spiro atoms. The normalized spacial score (nSPS) is 18.5. The van der Waals surface area contributed by atoms with Gasteiger partial charge in [-0.05, 0) is 45.7 Å². The van der Waals surface area contributed by atoms with Gasteiger partial charge in [0.2, 0.25) is 0 Å². The number of hydrogen-bond acceptors (Lipinski definition) is 4. The molecule has 0 unspecified atom stereocenters. The Hall–Kier alpha value is -1.95. The van der Waals surface area contributed by atoms with Crippen molar-refractivity contribution in [3.05, 3.63) is 23.5 Å². The topological polar surface area (TPSA) is 63.1 Å². The highest BCUT2D eigenvalue weighted by atomic mass is 16.2. The lowest BCUT2D eigenvalue weighted by Gasteiger charge is -2.32. The average molecular weight is 343 g/mol. The molecule has 1 atom stereocenters. The third-order valence-corrected chi connectivity index (χ3v) is 5.01. The number of rotatable bonds is 4. The fraction of sp³-hybridized carbons (Fsp3) is 0.632. The van der Waals surface area contributed by atoms with Gasteiger partial charge in [0.05, 0.1) is 17.1 Å². The highest BCUT2D eigenvalue weighted by Crippen LogP contribution is 2.26. The first kappa shape index (κ1) is 17.9. The second-order valence-electron chi connectivity index (χ2n) is 7.55. The van der Waals surface area contributed by atoms with E-state index in [4.69, 9.17) is 4.98 Å². The van der Waals surface area contributed by atoms with Crippen LogP contribution < -0.4 is 5.32 Å². The molecule has 1 aliphatic rings. The van der Waals surface area contributed by atoms with Crippen LogP contribution in [0.15, 0.2) is 12.3 Å². The van der Waals surface area contributed by atoms with E-state index < -0.39 is 0 Å². The van der Waals surface area contributed by atoms with Crippen LogP contribution in [0.25, 0.3) is 11.0 Å². The molecule has 0 aromatic carbocycles. The quantitative estimate of drug-likeness (QED) is 0.927. The van der Waals surface area contributed by atoms with E-state index in [-0.39, 0.29) is 17.9 Å². The van der Waals surface area contributed by atoms with E-state index in [1.165, 1.54) is 0 Å². The minimum absolute atomic E-state index is 0.0950. The van der Waals surface area contributed by atoms with E-state index in [1.54, 1.807) is 6.20 Å². The first-order valence-corrected chi connectivity index (χ1v) is 9.27. The average Bonchev–Trinajstić information content (AvgIpc) is 3.04. The molecule has 0 aliphatic carbocycles. The summed E-state index contributed by atoms with van der Waals surface area (Å²) in [4.78, 5) is 20.0. The predicted molar refractivity (Wildman–Crippen MR) is 100.0 cm³/mol. The van der Waals surface area contributed by atoms with Crippen molar-refractivity contribution < 1.29 is 4.79 Å². The van der Waals surface area contributed by atoms with Crippen molar-refractivity contribution in [2.75, 3.05) is 20.1 Å². The summed E-state index contributed by atoms with van der Waals surface area (Å²) in [6.45, 7) is 9.96. The van der Waals surface area contributed by atoms with Gasteiger partial charge >= 0.3 is 0 Å². The number of nitrogens with zero attached hydrogens (tertiary/aromatic N) is 4. The number of fused-ring (bicyclic) bond motifs is 1. The number of pyridine rings is 1. The summed E-state index contributed by atoms with van der Waals surface area (Å²) in [6, 6.07) is 2.54. The van der Waals surface area contributed by atoms with Crippen LogP contribution in [0.4, 0.5) is 0 Å². The second-order valence-corrected chi connectivity index (χ2v) is 7.55. The van der Waals surface area contributed by atoms with Gasteiger partial charge in [-0.1, -0.05) is 13.8 Å². The van der Waals surface area contributed by atoms with E-state index >= 15 is 0 Å². The van der Waals surface area contributed by atoms with Crippen molar-refractivity contribution >= 4 is 16.9 Å². The summed E-state index contributed by atoms with van der Waals surface area (Å²) < 4.78 is 1.91. The first-order chi connectivity index (χ1) is 11.9. The van der Waals surface area contributed by atoms with Crippen molar-refractivity contribution in [2.24, 2.45) is 0 Å². The molecular weight excluding hydrogens is 314 g/mol. The zero-order chi connectivity index (χ0) is 18.1. The minimum Gasteiger partial charge on any atom is -0.337 e. The third-order valence-electron chi connectivity index (χ3n) is 5.01. The van der Waals surface area contributed by atoms with Crippen molar-refractivity contribution in [1.82, 2.24) is 25.0 Å². The number of nitrogens with one attached hydrogen (secondary N) is 1. The van der Waals surface area contributed by atoms with Crippen LogP contribution in [0, 0.1) is 0 Å². The van der Waals surface area contributed by atoms with Crippen molar-refractivity contribution in [1.29, 1.82) is 0 Å². The largest absolute Gasteiger partial charge is 0.337 e. The predicted octanol–water partition coefficient (Wildman–Crippen LogP) is 2.96. The molecule has 3 heterocycles. The number of amides is 1. The number of likely N-dealkylation sites (N-methyl/N-ethyl adjacent to an activating group) is 1. The first-order valence-electron chi connectivity index (χ1n) is 9.27. The molecule has 1 fully saturated rings. The highest BCUT2D eigenvalue weighted by Gasteiger charge is 2.26. The zero-order valence-electron chi connectivity index (χ0n) is 15.9. The Labute approximate surface area is 149 Å². The van der Waals surface area contributed by atoms with Crippen LogP contribution in [0.5, 0.6) is 0 Å². The van der Waals surface area contributed by atoms with Crippen LogP contribution in [-0.2, 0) is 0 Å². The van der Waals surface area contributed by atoms with Gasteiger partial charge in [-0.3, -0.25) is 4.79 Å². The Morgan fingerprint density at radius 2 is 2.08 bits per heavy atom. The molecule has 136 valence electrons. The van der Waals surface area contributed by atoms with Gasteiger partial charge in [0, 0.05) is 30.9 Å². The summed E-state index contributed by atoms with van der Waals surface area (Å²) in [5.74, 6) is 0.357. The van der Waals surface area contributed by atoms with E-state index in [2.05, 4.69) is 38.1 Å². The number of carbonyl (C=O) groups is 1. The van der Waals surface area contributed by atoms with Crippen LogP contribution in [0.3, 0.4) is 0 Å². The molecule has 2 aromatic rings. The Bertz CT molecular complexity index is 765.